The molecule has 3 nitrogen and oxygen atoms in total. The highest BCUT2D eigenvalue weighted by Gasteiger charge is 2.20. The Morgan fingerprint density at radius 2 is 1.85 bits per heavy atom. The van der Waals surface area contributed by atoms with Crippen LogP contribution in [0.2, 0.25) is 0 Å². The van der Waals surface area contributed by atoms with Crippen LogP contribution in [0.3, 0.4) is 0 Å². The molecule has 1 aliphatic rings. The highest BCUT2D eigenvalue weighted by Crippen LogP contribution is 2.26. The van der Waals surface area contributed by atoms with Gasteiger partial charge < -0.3 is 5.11 Å². The molecule has 2 aromatic carbocycles. The molecule has 4 heteroatoms. The Hall–Kier alpha value is -2.20. The summed E-state index contributed by atoms with van der Waals surface area (Å²) in [6.45, 7) is 0.492. The zero-order valence-electron chi connectivity index (χ0n) is 10.9. The molecular weight excluding hydrogens is 255 g/mol. The van der Waals surface area contributed by atoms with Crippen LogP contribution in [0.15, 0.2) is 53.5 Å². The molecule has 1 unspecified atom stereocenters. The van der Waals surface area contributed by atoms with Crippen LogP contribution >= 0.6 is 0 Å². The van der Waals surface area contributed by atoms with Crippen LogP contribution in [-0.2, 0) is 0 Å². The van der Waals surface area contributed by atoms with Crippen molar-refractivity contribution < 1.29 is 9.50 Å². The first-order valence-corrected chi connectivity index (χ1v) is 6.54. The fraction of sp³-hybridized carbons (Fsp3) is 0.188. The van der Waals surface area contributed by atoms with E-state index in [2.05, 4.69) is 10.3 Å². The maximum Gasteiger partial charge on any atom is 0.124 e. The summed E-state index contributed by atoms with van der Waals surface area (Å²) < 4.78 is 13.0. The van der Waals surface area contributed by atoms with Gasteiger partial charge in [0.15, 0.2) is 0 Å². The number of nitrogens with zero attached hydrogens (tertiary/aromatic N) is 1. The van der Waals surface area contributed by atoms with Gasteiger partial charge in [-0.3, -0.25) is 10.3 Å². The smallest absolute Gasteiger partial charge is 0.124 e. The third-order valence-corrected chi connectivity index (χ3v) is 3.49. The van der Waals surface area contributed by atoms with Gasteiger partial charge in [0.05, 0.1) is 6.67 Å². The van der Waals surface area contributed by atoms with Gasteiger partial charge in [0.2, 0.25) is 0 Å². The molecule has 0 aromatic heterocycles. The summed E-state index contributed by atoms with van der Waals surface area (Å²) >= 11 is 0. The topological polar surface area (TPSA) is 44.6 Å². The van der Waals surface area contributed by atoms with Crippen LogP contribution in [0.4, 0.5) is 4.39 Å². The summed E-state index contributed by atoms with van der Waals surface area (Å²) in [5.41, 5.74) is 2.66. The lowest BCUT2D eigenvalue weighted by Gasteiger charge is -2.24. The van der Waals surface area contributed by atoms with Crippen molar-refractivity contribution in [3.63, 3.8) is 0 Å². The number of halogens is 1. The van der Waals surface area contributed by atoms with E-state index in [0.717, 1.165) is 16.8 Å². The molecule has 2 aromatic rings. The lowest BCUT2D eigenvalue weighted by atomic mass is 9.95. The van der Waals surface area contributed by atoms with Crippen LogP contribution in [0.5, 0.6) is 5.75 Å². The molecule has 102 valence electrons. The van der Waals surface area contributed by atoms with Gasteiger partial charge in [-0.1, -0.05) is 24.3 Å². The molecule has 0 radical (unpaired) electrons. The van der Waals surface area contributed by atoms with Gasteiger partial charge in [-0.2, -0.15) is 0 Å². The second-order valence-corrected chi connectivity index (χ2v) is 4.79. The number of para-hydroxylation sites is 1. The van der Waals surface area contributed by atoms with Crippen LogP contribution in [0.25, 0.3) is 0 Å². The number of benzene rings is 2. The van der Waals surface area contributed by atoms with Gasteiger partial charge in [0.1, 0.15) is 11.6 Å². The zero-order valence-corrected chi connectivity index (χ0v) is 10.9. The minimum absolute atomic E-state index is 0.0858. The fourth-order valence-corrected chi connectivity index (χ4v) is 2.42. The predicted octanol–water partition coefficient (Wildman–Crippen LogP) is 3.01. The molecule has 0 fully saturated rings. The first-order chi connectivity index (χ1) is 9.74. The van der Waals surface area contributed by atoms with Gasteiger partial charge >= 0.3 is 0 Å². The number of aliphatic imine (C=N–C) groups is 1. The monoisotopic (exact) mass is 270 g/mol. The fourth-order valence-electron chi connectivity index (χ4n) is 2.42. The lowest BCUT2D eigenvalue weighted by Crippen LogP contribution is -2.29. The number of hydrogen-bond acceptors (Lipinski definition) is 3. The van der Waals surface area contributed by atoms with Crippen molar-refractivity contribution in [3.05, 3.63) is 65.5 Å². The third kappa shape index (κ3) is 2.56. The quantitative estimate of drug-likeness (QED) is 0.881. The number of aromatic hydroxyl groups is 1. The van der Waals surface area contributed by atoms with E-state index in [-0.39, 0.29) is 17.6 Å². The van der Waals surface area contributed by atoms with Gasteiger partial charge in [-0.25, -0.2) is 4.39 Å². The molecule has 0 bridgehead atoms. The first kappa shape index (κ1) is 12.8. The van der Waals surface area contributed by atoms with E-state index in [1.165, 1.54) is 12.1 Å². The minimum Gasteiger partial charge on any atom is -0.507 e. The first-order valence-electron chi connectivity index (χ1n) is 6.54. The molecule has 3 rings (SSSR count). The van der Waals surface area contributed by atoms with Gasteiger partial charge in [0, 0.05) is 23.7 Å². The standard InChI is InChI=1S/C16H15FN2O/c17-12-7-5-11(6-8-12)14-9-15(19-10-18-14)13-3-1-2-4-16(13)20/h1-8,14,18,20H,9-10H2. The van der Waals surface area contributed by atoms with E-state index in [4.69, 9.17) is 0 Å². The van der Waals surface area contributed by atoms with E-state index >= 15 is 0 Å². The number of nitrogens with one attached hydrogen (secondary N) is 1. The van der Waals surface area contributed by atoms with E-state index in [9.17, 15) is 9.50 Å². The molecule has 20 heavy (non-hydrogen) atoms. The van der Waals surface area contributed by atoms with Crippen LogP contribution in [0.1, 0.15) is 23.6 Å². The van der Waals surface area contributed by atoms with E-state index in [0.29, 0.717) is 13.1 Å². The number of phenols is 1. The molecule has 0 saturated heterocycles. The molecule has 0 spiro atoms. The van der Waals surface area contributed by atoms with Gasteiger partial charge in [-0.05, 0) is 29.8 Å². The van der Waals surface area contributed by atoms with E-state index < -0.39 is 0 Å². The van der Waals surface area contributed by atoms with Crippen molar-refractivity contribution in [2.75, 3.05) is 6.67 Å². The highest BCUT2D eigenvalue weighted by atomic mass is 19.1. The summed E-state index contributed by atoms with van der Waals surface area (Å²) in [4.78, 5) is 4.43. The average molecular weight is 270 g/mol. The Labute approximate surface area is 116 Å². The second kappa shape index (κ2) is 5.43. The van der Waals surface area contributed by atoms with Crippen LogP contribution < -0.4 is 5.32 Å². The molecular formula is C16H15FN2O. The number of phenolic OH excluding ortho intramolecular Hbond substituents is 1. The molecule has 0 amide bonds. The molecule has 2 N–H and O–H groups in total. The lowest BCUT2D eigenvalue weighted by molar-refractivity contribution is 0.472. The second-order valence-electron chi connectivity index (χ2n) is 4.79. The van der Waals surface area contributed by atoms with Gasteiger partial charge in [-0.15, -0.1) is 0 Å². The van der Waals surface area contributed by atoms with Crippen LogP contribution in [0, 0.1) is 5.82 Å². The van der Waals surface area contributed by atoms with Crippen molar-refractivity contribution in [3.8, 4) is 5.75 Å². The Kier molecular flexibility index (Phi) is 3.48. The largest absolute Gasteiger partial charge is 0.507 e. The van der Waals surface area contributed by atoms with Crippen molar-refractivity contribution in [1.29, 1.82) is 0 Å². The van der Waals surface area contributed by atoms with Crippen LogP contribution in [-0.4, -0.2) is 17.5 Å². The minimum atomic E-state index is -0.237. The average Bonchev–Trinajstić information content (AvgIpc) is 2.49. The SMILES string of the molecule is Oc1ccccc1C1=NCNC(c2ccc(F)cc2)C1. The summed E-state index contributed by atoms with van der Waals surface area (Å²) in [6.07, 6.45) is 0.670. The normalized spacial score (nSPS) is 18.6. The van der Waals surface area contributed by atoms with Crippen molar-refractivity contribution in [2.45, 2.75) is 12.5 Å². The zero-order chi connectivity index (χ0) is 13.9. The van der Waals surface area contributed by atoms with Crippen molar-refractivity contribution in [1.82, 2.24) is 5.32 Å². The van der Waals surface area contributed by atoms with Crippen molar-refractivity contribution in [2.24, 2.45) is 4.99 Å². The number of rotatable bonds is 2. The van der Waals surface area contributed by atoms with Gasteiger partial charge in [0.25, 0.3) is 0 Å². The Morgan fingerprint density at radius 1 is 1.10 bits per heavy atom. The Bertz CT molecular complexity index is 637. The third-order valence-electron chi connectivity index (χ3n) is 3.49. The maximum absolute atomic E-state index is 13.0. The highest BCUT2D eigenvalue weighted by molar-refractivity contribution is 6.03. The summed E-state index contributed by atoms with van der Waals surface area (Å²) in [7, 11) is 0. The Balaban J connectivity index is 1.85. The van der Waals surface area contributed by atoms with Crippen molar-refractivity contribution >= 4 is 5.71 Å². The Morgan fingerprint density at radius 3 is 2.60 bits per heavy atom. The number of hydrogen-bond donors (Lipinski definition) is 2. The van der Waals surface area contributed by atoms with E-state index in [1.54, 1.807) is 24.3 Å². The van der Waals surface area contributed by atoms with E-state index in [1.807, 2.05) is 12.1 Å². The molecule has 1 atom stereocenters. The maximum atomic E-state index is 13.0. The molecule has 0 aliphatic carbocycles. The molecule has 1 heterocycles. The summed E-state index contributed by atoms with van der Waals surface area (Å²) in [5, 5.41) is 13.2. The molecule has 0 saturated carbocycles. The summed E-state index contributed by atoms with van der Waals surface area (Å²) in [5.74, 6) is 0.00478. The summed E-state index contributed by atoms with van der Waals surface area (Å²) in [6, 6.07) is 13.8. The predicted molar refractivity (Wildman–Crippen MR) is 76.4 cm³/mol. The molecule has 1 aliphatic heterocycles.